The van der Waals surface area contributed by atoms with Crippen LogP contribution in [-0.4, -0.2) is 59.4 Å². The first-order valence-electron chi connectivity index (χ1n) is 8.72. The largest absolute Gasteiger partial charge is 0.478 e. The van der Waals surface area contributed by atoms with E-state index in [4.69, 9.17) is 14.9 Å². The SMILES string of the molecule is CCOc1ncc(N2C(CNC)CC3CC32)cc1Br.O=C(O)/C=C/C(=O)O. The summed E-state index contributed by atoms with van der Waals surface area (Å²) in [7, 11) is 2.02. The van der Waals surface area contributed by atoms with Crippen molar-refractivity contribution in [3.05, 3.63) is 28.9 Å². The topological polar surface area (TPSA) is 112 Å². The molecule has 0 aromatic carbocycles. The normalized spacial score (nSPS) is 22.8. The maximum absolute atomic E-state index is 9.55. The van der Waals surface area contributed by atoms with E-state index < -0.39 is 11.9 Å². The molecule has 1 aromatic rings. The van der Waals surface area contributed by atoms with E-state index >= 15 is 0 Å². The second-order valence-electron chi connectivity index (χ2n) is 6.34. The Morgan fingerprint density at radius 2 is 2.04 bits per heavy atom. The van der Waals surface area contributed by atoms with Gasteiger partial charge in [-0.2, -0.15) is 0 Å². The Balaban J connectivity index is 0.000000279. The second kappa shape index (κ2) is 9.70. The van der Waals surface area contributed by atoms with Crippen LogP contribution in [0.5, 0.6) is 5.88 Å². The van der Waals surface area contributed by atoms with Crippen molar-refractivity contribution in [3.63, 3.8) is 0 Å². The zero-order valence-corrected chi connectivity index (χ0v) is 16.8. The maximum Gasteiger partial charge on any atom is 0.328 e. The van der Waals surface area contributed by atoms with Gasteiger partial charge in [0.25, 0.3) is 0 Å². The van der Waals surface area contributed by atoms with Gasteiger partial charge >= 0.3 is 11.9 Å². The molecule has 2 aliphatic rings. The Morgan fingerprint density at radius 1 is 1.37 bits per heavy atom. The summed E-state index contributed by atoms with van der Waals surface area (Å²) in [6, 6.07) is 3.46. The number of halogens is 1. The molecule has 3 N–H and O–H groups in total. The van der Waals surface area contributed by atoms with Gasteiger partial charge in [0.15, 0.2) is 0 Å². The van der Waals surface area contributed by atoms with Crippen LogP contribution < -0.4 is 15.0 Å². The number of fused-ring (bicyclic) bond motifs is 1. The highest BCUT2D eigenvalue weighted by molar-refractivity contribution is 9.10. The van der Waals surface area contributed by atoms with Crippen LogP contribution in [0.4, 0.5) is 5.69 Å². The number of likely N-dealkylation sites (N-methyl/N-ethyl adjacent to an activating group) is 1. The minimum absolute atomic E-state index is 0.558. The van der Waals surface area contributed by atoms with E-state index in [9.17, 15) is 9.59 Å². The quantitative estimate of drug-likeness (QED) is 0.551. The van der Waals surface area contributed by atoms with Crippen molar-refractivity contribution in [1.82, 2.24) is 10.3 Å². The number of carboxylic acid groups (broad SMARTS) is 2. The molecule has 0 spiro atoms. The van der Waals surface area contributed by atoms with Crippen LogP contribution in [0.2, 0.25) is 0 Å². The second-order valence-corrected chi connectivity index (χ2v) is 7.20. The van der Waals surface area contributed by atoms with E-state index in [0.29, 0.717) is 30.7 Å². The minimum atomic E-state index is -1.26. The van der Waals surface area contributed by atoms with E-state index in [1.165, 1.54) is 18.5 Å². The third-order valence-corrected chi connectivity index (χ3v) is 4.96. The highest BCUT2D eigenvalue weighted by Gasteiger charge is 2.51. The first-order valence-corrected chi connectivity index (χ1v) is 9.51. The lowest BCUT2D eigenvalue weighted by molar-refractivity contribution is -0.134. The third kappa shape index (κ3) is 5.93. The van der Waals surface area contributed by atoms with E-state index in [2.05, 4.69) is 37.2 Å². The molecule has 3 atom stereocenters. The van der Waals surface area contributed by atoms with Crippen LogP contribution in [0, 0.1) is 5.92 Å². The van der Waals surface area contributed by atoms with Gasteiger partial charge in [-0.15, -0.1) is 0 Å². The predicted molar refractivity (Wildman–Crippen MR) is 104 cm³/mol. The predicted octanol–water partition coefficient (Wildman–Crippen LogP) is 2.14. The highest BCUT2D eigenvalue weighted by Crippen LogP contribution is 2.50. The maximum atomic E-state index is 9.55. The monoisotopic (exact) mass is 441 g/mol. The first kappa shape index (κ1) is 21.2. The van der Waals surface area contributed by atoms with Crippen molar-refractivity contribution in [2.75, 3.05) is 25.1 Å². The molecule has 3 unspecified atom stereocenters. The van der Waals surface area contributed by atoms with E-state index in [0.717, 1.165) is 23.0 Å². The minimum Gasteiger partial charge on any atom is -0.478 e. The smallest absolute Gasteiger partial charge is 0.328 e. The number of aliphatic carboxylic acids is 2. The Morgan fingerprint density at radius 3 is 2.56 bits per heavy atom. The van der Waals surface area contributed by atoms with Crippen LogP contribution in [0.25, 0.3) is 0 Å². The van der Waals surface area contributed by atoms with Crippen LogP contribution in [0.15, 0.2) is 28.9 Å². The fraction of sp³-hybridized carbons (Fsp3) is 0.500. The molecule has 0 radical (unpaired) electrons. The Hall–Kier alpha value is -2.13. The van der Waals surface area contributed by atoms with Crippen LogP contribution in [0.1, 0.15) is 19.8 Å². The molecule has 1 aromatic heterocycles. The fourth-order valence-corrected chi connectivity index (χ4v) is 3.77. The van der Waals surface area contributed by atoms with Crippen LogP contribution in [0.3, 0.4) is 0 Å². The highest BCUT2D eigenvalue weighted by atomic mass is 79.9. The molecule has 27 heavy (non-hydrogen) atoms. The van der Waals surface area contributed by atoms with E-state index in [1.807, 2.05) is 20.2 Å². The molecule has 1 aliphatic carbocycles. The number of hydrogen-bond acceptors (Lipinski definition) is 6. The summed E-state index contributed by atoms with van der Waals surface area (Å²) < 4.78 is 6.42. The number of pyridine rings is 1. The summed E-state index contributed by atoms with van der Waals surface area (Å²) in [5.74, 6) is -0.938. The lowest BCUT2D eigenvalue weighted by atomic mass is 10.1. The molecule has 9 heteroatoms. The van der Waals surface area contributed by atoms with Gasteiger partial charge in [-0.25, -0.2) is 14.6 Å². The summed E-state index contributed by atoms with van der Waals surface area (Å²) >= 11 is 3.56. The lowest BCUT2D eigenvalue weighted by Crippen LogP contribution is -2.39. The van der Waals surface area contributed by atoms with Gasteiger partial charge in [0.2, 0.25) is 5.88 Å². The fourth-order valence-electron chi connectivity index (χ4n) is 3.32. The lowest BCUT2D eigenvalue weighted by Gasteiger charge is -2.29. The molecule has 8 nitrogen and oxygen atoms in total. The summed E-state index contributed by atoms with van der Waals surface area (Å²) in [5, 5.41) is 18.9. The third-order valence-electron chi connectivity index (χ3n) is 4.39. The number of piperidine rings is 1. The molecule has 2 heterocycles. The zero-order valence-electron chi connectivity index (χ0n) is 15.3. The Kier molecular flexibility index (Phi) is 7.61. The van der Waals surface area contributed by atoms with Gasteiger partial charge in [0.1, 0.15) is 0 Å². The number of ether oxygens (including phenoxy) is 1. The molecule has 148 valence electrons. The number of nitrogens with zero attached hydrogens (tertiary/aromatic N) is 2. The van der Waals surface area contributed by atoms with Crippen molar-refractivity contribution in [1.29, 1.82) is 0 Å². The molecule has 3 rings (SSSR count). The number of carbonyl (C=O) groups is 2. The van der Waals surface area contributed by atoms with Crippen molar-refractivity contribution in [2.45, 2.75) is 31.8 Å². The molecule has 1 saturated carbocycles. The summed E-state index contributed by atoms with van der Waals surface area (Å²) in [6.07, 6.45) is 5.70. The molecular formula is C18H24BrN3O5. The van der Waals surface area contributed by atoms with Crippen molar-refractivity contribution in [3.8, 4) is 5.88 Å². The van der Waals surface area contributed by atoms with Crippen molar-refractivity contribution >= 4 is 33.6 Å². The summed E-state index contributed by atoms with van der Waals surface area (Å²) in [5.41, 5.74) is 1.21. The average Bonchev–Trinajstić information content (AvgIpc) is 3.27. The van der Waals surface area contributed by atoms with Crippen LogP contribution in [-0.2, 0) is 9.59 Å². The molecule has 2 fully saturated rings. The van der Waals surface area contributed by atoms with Gasteiger partial charge in [0.05, 0.1) is 23.0 Å². The number of aromatic nitrogens is 1. The number of anilines is 1. The van der Waals surface area contributed by atoms with Gasteiger partial charge in [-0.05, 0) is 54.7 Å². The standard InChI is InChI=1S/C14H20BrN3O.C4H4O4/c1-3-19-14-12(15)6-11(8-17-14)18-10(7-16-2)4-9-5-13(9)18;5-3(6)1-2-4(7)8/h6,8-10,13,16H,3-5,7H2,1-2H3;1-2H,(H,5,6)(H,7,8)/b;2-1+. The van der Waals surface area contributed by atoms with Gasteiger partial charge in [-0.1, -0.05) is 0 Å². The van der Waals surface area contributed by atoms with Crippen molar-refractivity contribution < 1.29 is 24.5 Å². The van der Waals surface area contributed by atoms with Gasteiger partial charge in [0, 0.05) is 30.8 Å². The molecule has 0 amide bonds. The Labute approximate surface area is 166 Å². The first-order chi connectivity index (χ1) is 12.9. The average molecular weight is 442 g/mol. The Bertz CT molecular complexity index is 696. The number of carboxylic acids is 2. The molecule has 0 bridgehead atoms. The van der Waals surface area contributed by atoms with E-state index in [1.54, 1.807) is 0 Å². The zero-order chi connectivity index (χ0) is 20.0. The van der Waals surface area contributed by atoms with Crippen LogP contribution >= 0.6 is 15.9 Å². The van der Waals surface area contributed by atoms with Gasteiger partial charge < -0.3 is 25.2 Å². The van der Waals surface area contributed by atoms with Crippen molar-refractivity contribution in [2.24, 2.45) is 5.92 Å². The molecule has 1 saturated heterocycles. The molecular weight excluding hydrogens is 418 g/mol. The number of nitrogens with one attached hydrogen (secondary N) is 1. The number of hydrogen-bond donors (Lipinski definition) is 3. The summed E-state index contributed by atoms with van der Waals surface area (Å²) in [4.78, 5) is 26.1. The molecule has 1 aliphatic heterocycles. The number of rotatable bonds is 7. The van der Waals surface area contributed by atoms with E-state index in [-0.39, 0.29) is 0 Å². The van der Waals surface area contributed by atoms with Gasteiger partial charge in [-0.3, -0.25) is 0 Å². The summed E-state index contributed by atoms with van der Waals surface area (Å²) in [6.45, 7) is 3.65.